The van der Waals surface area contributed by atoms with E-state index in [0.29, 0.717) is 32.0 Å². The molecule has 0 saturated carbocycles. The molecule has 1 heterocycles. The van der Waals surface area contributed by atoms with E-state index in [0.717, 1.165) is 5.69 Å². The van der Waals surface area contributed by atoms with Crippen molar-refractivity contribution in [3.8, 4) is 0 Å². The molecular formula is C21H18F6N2O4. The molecule has 1 saturated heterocycles. The van der Waals surface area contributed by atoms with E-state index >= 15 is 0 Å². The molecule has 1 fully saturated rings. The Morgan fingerprint density at radius 2 is 1.45 bits per heavy atom. The highest BCUT2D eigenvalue weighted by Gasteiger charge is 2.37. The molecule has 178 valence electrons. The highest BCUT2D eigenvalue weighted by molar-refractivity contribution is 5.95. The van der Waals surface area contributed by atoms with E-state index < -0.39 is 47.5 Å². The molecule has 0 atom stereocenters. The van der Waals surface area contributed by atoms with Crippen molar-refractivity contribution >= 4 is 23.3 Å². The predicted molar refractivity (Wildman–Crippen MR) is 105 cm³/mol. The van der Waals surface area contributed by atoms with Gasteiger partial charge in [-0.1, -0.05) is 0 Å². The SMILES string of the molecule is O=C(COC(=O)c1cc(C(F)(F)F)cc(C(F)(F)F)c1)Nc1ccc(N2CCOCC2)cc1. The Kier molecular flexibility index (Phi) is 7.15. The first-order valence-corrected chi connectivity index (χ1v) is 9.63. The van der Waals surface area contributed by atoms with Crippen molar-refractivity contribution in [1.82, 2.24) is 0 Å². The Morgan fingerprint density at radius 1 is 0.909 bits per heavy atom. The van der Waals surface area contributed by atoms with E-state index in [4.69, 9.17) is 4.74 Å². The number of alkyl halides is 6. The summed E-state index contributed by atoms with van der Waals surface area (Å²) in [6.07, 6.45) is -10.2. The standard InChI is InChI=1S/C21H18F6N2O4/c22-20(23,24)14-9-13(10-15(11-14)21(25,26)27)19(31)33-12-18(30)28-16-1-3-17(4-2-16)29-5-7-32-8-6-29/h1-4,9-11H,5-8,12H2,(H,28,30). The van der Waals surface area contributed by atoms with E-state index in [9.17, 15) is 35.9 Å². The minimum atomic E-state index is -5.11. The van der Waals surface area contributed by atoms with Crippen molar-refractivity contribution in [2.45, 2.75) is 12.4 Å². The maximum Gasteiger partial charge on any atom is 0.416 e. The molecule has 0 spiro atoms. The number of rotatable bonds is 5. The van der Waals surface area contributed by atoms with E-state index in [2.05, 4.69) is 15.0 Å². The summed E-state index contributed by atoms with van der Waals surface area (Å²) in [7, 11) is 0. The van der Waals surface area contributed by atoms with Crippen LogP contribution in [0.25, 0.3) is 0 Å². The van der Waals surface area contributed by atoms with Crippen LogP contribution >= 0.6 is 0 Å². The van der Waals surface area contributed by atoms with Crippen molar-refractivity contribution in [2.24, 2.45) is 0 Å². The summed E-state index contributed by atoms with van der Waals surface area (Å²) in [6.45, 7) is 1.72. The maximum atomic E-state index is 12.9. The lowest BCUT2D eigenvalue weighted by atomic mass is 10.0. The Labute approximate surface area is 184 Å². The van der Waals surface area contributed by atoms with Crippen molar-refractivity contribution < 1.29 is 45.4 Å². The Hall–Kier alpha value is -3.28. The molecule has 1 amide bonds. The highest BCUT2D eigenvalue weighted by Crippen LogP contribution is 2.36. The quantitative estimate of drug-likeness (QED) is 0.513. The average molecular weight is 476 g/mol. The van der Waals surface area contributed by atoms with E-state index in [1.165, 1.54) is 0 Å². The smallest absolute Gasteiger partial charge is 0.416 e. The summed E-state index contributed by atoms with van der Waals surface area (Å²) in [4.78, 5) is 26.1. The van der Waals surface area contributed by atoms with Gasteiger partial charge in [-0.05, 0) is 42.5 Å². The number of nitrogens with zero attached hydrogens (tertiary/aromatic N) is 1. The lowest BCUT2D eigenvalue weighted by Gasteiger charge is -2.28. The molecule has 2 aromatic rings. The van der Waals surface area contributed by atoms with Crippen LogP contribution in [-0.2, 0) is 26.6 Å². The molecule has 0 aliphatic carbocycles. The van der Waals surface area contributed by atoms with Gasteiger partial charge in [0.2, 0.25) is 0 Å². The number of esters is 1. The molecule has 0 unspecified atom stereocenters. The second kappa shape index (κ2) is 9.69. The fourth-order valence-corrected chi connectivity index (χ4v) is 3.06. The summed E-state index contributed by atoms with van der Waals surface area (Å²) in [5.41, 5.74) is -3.01. The third kappa shape index (κ3) is 6.60. The number of carbonyl (C=O) groups is 2. The van der Waals surface area contributed by atoms with Crippen LogP contribution in [0.15, 0.2) is 42.5 Å². The zero-order chi connectivity index (χ0) is 24.2. The Bertz CT molecular complexity index is 967. The summed E-state index contributed by atoms with van der Waals surface area (Å²) in [5.74, 6) is -2.31. The molecule has 1 aliphatic heterocycles. The summed E-state index contributed by atoms with van der Waals surface area (Å²) in [6, 6.07) is 7.09. The summed E-state index contributed by atoms with van der Waals surface area (Å²) in [5, 5.41) is 2.43. The van der Waals surface area contributed by atoms with Gasteiger partial charge in [-0.3, -0.25) is 4.79 Å². The number of hydrogen-bond donors (Lipinski definition) is 1. The van der Waals surface area contributed by atoms with Crippen LogP contribution in [0.2, 0.25) is 0 Å². The number of hydrogen-bond acceptors (Lipinski definition) is 5. The molecule has 0 radical (unpaired) electrons. The molecule has 12 heteroatoms. The molecule has 6 nitrogen and oxygen atoms in total. The molecule has 1 aliphatic rings. The van der Waals surface area contributed by atoms with Crippen LogP contribution < -0.4 is 10.2 Å². The number of halogens is 6. The number of benzene rings is 2. The van der Waals surface area contributed by atoms with Crippen LogP contribution in [0.5, 0.6) is 0 Å². The number of nitrogens with one attached hydrogen (secondary N) is 1. The monoisotopic (exact) mass is 476 g/mol. The number of ether oxygens (including phenoxy) is 2. The molecule has 0 bridgehead atoms. The fraction of sp³-hybridized carbons (Fsp3) is 0.333. The van der Waals surface area contributed by atoms with Crippen LogP contribution in [0, 0.1) is 0 Å². The van der Waals surface area contributed by atoms with Crippen molar-refractivity contribution in [3.63, 3.8) is 0 Å². The number of amides is 1. The first kappa shape index (κ1) is 24.4. The van der Waals surface area contributed by atoms with Crippen LogP contribution in [0.1, 0.15) is 21.5 Å². The lowest BCUT2D eigenvalue weighted by Crippen LogP contribution is -2.36. The van der Waals surface area contributed by atoms with E-state index in [-0.39, 0.29) is 18.2 Å². The molecule has 1 N–H and O–H groups in total. The molecule has 3 rings (SSSR count). The van der Waals surface area contributed by atoms with Crippen molar-refractivity contribution in [1.29, 1.82) is 0 Å². The van der Waals surface area contributed by atoms with Gasteiger partial charge in [-0.25, -0.2) is 4.79 Å². The third-order valence-corrected chi connectivity index (χ3v) is 4.69. The minimum absolute atomic E-state index is 0.107. The molecule has 33 heavy (non-hydrogen) atoms. The second-order valence-electron chi connectivity index (χ2n) is 7.07. The van der Waals surface area contributed by atoms with Gasteiger partial charge in [0.15, 0.2) is 6.61 Å². The second-order valence-corrected chi connectivity index (χ2v) is 7.07. The molecular weight excluding hydrogens is 458 g/mol. The van der Waals surface area contributed by atoms with Crippen LogP contribution in [0.3, 0.4) is 0 Å². The topological polar surface area (TPSA) is 67.9 Å². The Balaban J connectivity index is 1.61. The zero-order valence-corrected chi connectivity index (χ0v) is 16.9. The third-order valence-electron chi connectivity index (χ3n) is 4.69. The first-order valence-electron chi connectivity index (χ1n) is 9.63. The highest BCUT2D eigenvalue weighted by atomic mass is 19.4. The van der Waals surface area contributed by atoms with Gasteiger partial charge in [0, 0.05) is 24.5 Å². The maximum absolute atomic E-state index is 12.9. The summed E-state index contributed by atoms with van der Waals surface area (Å²) < 4.78 is 87.3. The number of carbonyl (C=O) groups excluding carboxylic acids is 2. The van der Waals surface area contributed by atoms with E-state index in [1.54, 1.807) is 24.3 Å². The van der Waals surface area contributed by atoms with Crippen molar-refractivity contribution in [2.75, 3.05) is 43.1 Å². The van der Waals surface area contributed by atoms with E-state index in [1.807, 2.05) is 0 Å². The van der Waals surface area contributed by atoms with Crippen molar-refractivity contribution in [3.05, 3.63) is 59.2 Å². The van der Waals surface area contributed by atoms with Gasteiger partial charge in [0.05, 0.1) is 29.9 Å². The normalized spacial score (nSPS) is 14.7. The van der Waals surface area contributed by atoms with Gasteiger partial charge >= 0.3 is 18.3 Å². The predicted octanol–water partition coefficient (Wildman–Crippen LogP) is 4.36. The fourth-order valence-electron chi connectivity index (χ4n) is 3.06. The number of anilines is 2. The van der Waals surface area contributed by atoms with Gasteiger partial charge in [-0.2, -0.15) is 26.3 Å². The number of morpholine rings is 1. The Morgan fingerprint density at radius 3 is 1.97 bits per heavy atom. The average Bonchev–Trinajstić information content (AvgIpc) is 2.77. The van der Waals surface area contributed by atoms with Crippen LogP contribution in [0.4, 0.5) is 37.7 Å². The zero-order valence-electron chi connectivity index (χ0n) is 16.9. The van der Waals surface area contributed by atoms with Gasteiger partial charge in [0.25, 0.3) is 5.91 Å². The van der Waals surface area contributed by atoms with Gasteiger partial charge in [0.1, 0.15) is 0 Å². The molecule has 0 aromatic heterocycles. The van der Waals surface area contributed by atoms with Gasteiger partial charge in [-0.15, -0.1) is 0 Å². The van der Waals surface area contributed by atoms with Gasteiger partial charge < -0.3 is 19.7 Å². The summed E-state index contributed by atoms with van der Waals surface area (Å²) >= 11 is 0. The first-order chi connectivity index (χ1) is 15.4. The van der Waals surface area contributed by atoms with Crippen LogP contribution in [-0.4, -0.2) is 44.8 Å². The lowest BCUT2D eigenvalue weighted by molar-refractivity contribution is -0.143. The largest absolute Gasteiger partial charge is 0.452 e. The minimum Gasteiger partial charge on any atom is -0.452 e. The molecule has 2 aromatic carbocycles.